The summed E-state index contributed by atoms with van der Waals surface area (Å²) in [6, 6.07) is 3.21. The average Bonchev–Trinajstić information content (AvgIpc) is 2.38. The second-order valence-electron chi connectivity index (χ2n) is 5.03. The van der Waals surface area contributed by atoms with Gasteiger partial charge in [0.2, 0.25) is 10.0 Å². The number of hydrogen-bond acceptors (Lipinski definition) is 4. The molecule has 0 aliphatic carbocycles. The van der Waals surface area contributed by atoms with E-state index >= 15 is 0 Å². The van der Waals surface area contributed by atoms with E-state index in [1.807, 2.05) is 6.92 Å². The second kappa shape index (κ2) is 6.35. The van der Waals surface area contributed by atoms with E-state index in [4.69, 9.17) is 22.7 Å². The molecule has 2 unspecified atom stereocenters. The lowest BCUT2D eigenvalue weighted by Gasteiger charge is -2.27. The Bertz CT molecular complexity index is 649. The topological polar surface area (TPSA) is 81.4 Å². The summed E-state index contributed by atoms with van der Waals surface area (Å²) in [5.41, 5.74) is 5.31. The molecule has 0 saturated carbocycles. The minimum absolute atomic E-state index is 0.00634. The molecule has 0 amide bonds. The zero-order valence-electron chi connectivity index (χ0n) is 11.5. The van der Waals surface area contributed by atoms with E-state index in [2.05, 4.69) is 4.72 Å². The number of rotatable bonds is 4. The molecule has 1 aromatic rings. The highest BCUT2D eigenvalue weighted by atomic mass is 32.2. The molecule has 1 fully saturated rings. The van der Waals surface area contributed by atoms with Gasteiger partial charge in [-0.15, -0.1) is 0 Å². The van der Waals surface area contributed by atoms with Gasteiger partial charge in [0, 0.05) is 18.2 Å². The number of sulfonamides is 1. The molecular weight excluding hydrogens is 315 g/mol. The molecule has 0 spiro atoms. The van der Waals surface area contributed by atoms with Crippen LogP contribution in [0.25, 0.3) is 0 Å². The Hall–Kier alpha value is -1.09. The minimum Gasteiger partial charge on any atom is -0.389 e. The lowest BCUT2D eigenvalue weighted by atomic mass is 10.1. The smallest absolute Gasteiger partial charge is 0.240 e. The molecule has 1 aliphatic rings. The van der Waals surface area contributed by atoms with Gasteiger partial charge in [-0.2, -0.15) is 0 Å². The summed E-state index contributed by atoms with van der Waals surface area (Å²) in [6.45, 7) is 2.40. The Morgan fingerprint density at radius 1 is 1.52 bits per heavy atom. The molecule has 1 heterocycles. The van der Waals surface area contributed by atoms with Crippen LogP contribution in [0.1, 0.15) is 25.3 Å². The number of nitrogens with two attached hydrogens (primary N) is 1. The molecule has 0 radical (unpaired) electrons. The number of benzene rings is 1. The third-order valence-electron chi connectivity index (χ3n) is 3.32. The predicted molar refractivity (Wildman–Crippen MR) is 81.0 cm³/mol. The quantitative estimate of drug-likeness (QED) is 0.813. The summed E-state index contributed by atoms with van der Waals surface area (Å²) in [5.74, 6) is -0.638. The van der Waals surface area contributed by atoms with Gasteiger partial charge in [-0.1, -0.05) is 12.2 Å². The van der Waals surface area contributed by atoms with E-state index in [9.17, 15) is 12.8 Å². The van der Waals surface area contributed by atoms with E-state index in [1.165, 1.54) is 6.07 Å². The molecule has 5 nitrogen and oxygen atoms in total. The first-order valence-corrected chi connectivity index (χ1v) is 8.42. The number of thiocarbonyl (C=S) groups is 1. The summed E-state index contributed by atoms with van der Waals surface area (Å²) in [5, 5.41) is 0. The van der Waals surface area contributed by atoms with Gasteiger partial charge in [-0.05, 0) is 38.0 Å². The fourth-order valence-corrected chi connectivity index (χ4v) is 3.72. The summed E-state index contributed by atoms with van der Waals surface area (Å²) in [4.78, 5) is -0.227. The van der Waals surface area contributed by atoms with Crippen LogP contribution in [-0.4, -0.2) is 32.2 Å². The average molecular weight is 332 g/mol. The van der Waals surface area contributed by atoms with Crippen LogP contribution in [0.3, 0.4) is 0 Å². The largest absolute Gasteiger partial charge is 0.389 e. The van der Waals surface area contributed by atoms with Gasteiger partial charge in [0.1, 0.15) is 10.8 Å². The first kappa shape index (κ1) is 16.3. The number of hydrogen-bond donors (Lipinski definition) is 2. The van der Waals surface area contributed by atoms with Crippen LogP contribution in [0.15, 0.2) is 23.1 Å². The van der Waals surface area contributed by atoms with Crippen LogP contribution in [0.5, 0.6) is 0 Å². The highest BCUT2D eigenvalue weighted by molar-refractivity contribution is 7.89. The van der Waals surface area contributed by atoms with Crippen molar-refractivity contribution in [3.05, 3.63) is 29.6 Å². The Labute approximate surface area is 128 Å². The number of nitrogens with one attached hydrogen (secondary N) is 1. The van der Waals surface area contributed by atoms with Crippen LogP contribution in [-0.2, 0) is 14.8 Å². The van der Waals surface area contributed by atoms with Gasteiger partial charge in [0.05, 0.1) is 11.0 Å². The minimum atomic E-state index is -3.74. The van der Waals surface area contributed by atoms with Crippen LogP contribution < -0.4 is 10.5 Å². The van der Waals surface area contributed by atoms with Crippen LogP contribution in [0.2, 0.25) is 0 Å². The van der Waals surface area contributed by atoms with Gasteiger partial charge in [-0.25, -0.2) is 17.5 Å². The Morgan fingerprint density at radius 2 is 2.24 bits per heavy atom. The van der Waals surface area contributed by atoms with E-state index in [0.717, 1.165) is 12.1 Å². The van der Waals surface area contributed by atoms with Crippen molar-refractivity contribution in [2.24, 2.45) is 5.73 Å². The molecule has 1 saturated heterocycles. The Morgan fingerprint density at radius 3 is 2.86 bits per heavy atom. The van der Waals surface area contributed by atoms with Gasteiger partial charge in [0.25, 0.3) is 0 Å². The van der Waals surface area contributed by atoms with E-state index in [1.54, 1.807) is 0 Å². The molecule has 116 valence electrons. The standard InChI is InChI=1S/C13H17FN2O3S2/c1-8-6-9(4-5-19-8)16-21(17,18)10-2-3-12(14)11(7-10)13(15)20/h2-3,7-9,16H,4-6H2,1H3,(H2,15,20). The summed E-state index contributed by atoms with van der Waals surface area (Å²) >= 11 is 4.71. The van der Waals surface area contributed by atoms with Crippen molar-refractivity contribution in [1.29, 1.82) is 0 Å². The Kier molecular flexibility index (Phi) is 4.92. The zero-order chi connectivity index (χ0) is 15.6. The highest BCUT2D eigenvalue weighted by Gasteiger charge is 2.25. The first-order valence-electron chi connectivity index (χ1n) is 6.53. The summed E-state index contributed by atoms with van der Waals surface area (Å²) < 4.78 is 46.2. The lowest BCUT2D eigenvalue weighted by Crippen LogP contribution is -2.41. The van der Waals surface area contributed by atoms with E-state index in [0.29, 0.717) is 19.4 Å². The van der Waals surface area contributed by atoms with Crippen molar-refractivity contribution >= 4 is 27.2 Å². The van der Waals surface area contributed by atoms with Crippen molar-refractivity contribution in [2.75, 3.05) is 6.61 Å². The van der Waals surface area contributed by atoms with Gasteiger partial charge >= 0.3 is 0 Å². The van der Waals surface area contributed by atoms with Crippen molar-refractivity contribution < 1.29 is 17.5 Å². The number of ether oxygens (including phenoxy) is 1. The third-order valence-corrected chi connectivity index (χ3v) is 5.06. The lowest BCUT2D eigenvalue weighted by molar-refractivity contribution is 0.0173. The van der Waals surface area contributed by atoms with Crippen molar-refractivity contribution in [2.45, 2.75) is 36.8 Å². The molecule has 1 aromatic carbocycles. The fraction of sp³-hybridized carbons (Fsp3) is 0.462. The summed E-state index contributed by atoms with van der Waals surface area (Å²) in [7, 11) is -3.74. The van der Waals surface area contributed by atoms with Crippen molar-refractivity contribution in [3.63, 3.8) is 0 Å². The molecule has 8 heteroatoms. The molecular formula is C13H17FN2O3S2. The molecule has 1 aliphatic heterocycles. The maximum Gasteiger partial charge on any atom is 0.240 e. The maximum absolute atomic E-state index is 13.5. The molecule has 21 heavy (non-hydrogen) atoms. The summed E-state index contributed by atoms with van der Waals surface area (Å²) in [6.07, 6.45) is 1.21. The van der Waals surface area contributed by atoms with Crippen LogP contribution >= 0.6 is 12.2 Å². The van der Waals surface area contributed by atoms with E-state index < -0.39 is 15.8 Å². The molecule has 0 aromatic heterocycles. The van der Waals surface area contributed by atoms with Gasteiger partial charge < -0.3 is 10.5 Å². The van der Waals surface area contributed by atoms with Gasteiger partial charge in [0.15, 0.2) is 0 Å². The predicted octanol–water partition coefficient (Wildman–Crippen LogP) is 1.31. The van der Waals surface area contributed by atoms with Crippen molar-refractivity contribution in [3.8, 4) is 0 Å². The van der Waals surface area contributed by atoms with Crippen LogP contribution in [0.4, 0.5) is 4.39 Å². The normalized spacial score (nSPS) is 23.0. The third kappa shape index (κ3) is 3.97. The molecule has 2 rings (SSSR count). The second-order valence-corrected chi connectivity index (χ2v) is 7.18. The van der Waals surface area contributed by atoms with Gasteiger partial charge in [-0.3, -0.25) is 0 Å². The fourth-order valence-electron chi connectivity index (χ4n) is 2.25. The van der Waals surface area contributed by atoms with Crippen LogP contribution in [0, 0.1) is 5.82 Å². The van der Waals surface area contributed by atoms with Crippen molar-refractivity contribution in [1.82, 2.24) is 4.72 Å². The molecule has 3 N–H and O–H groups in total. The number of halogens is 1. The monoisotopic (exact) mass is 332 g/mol. The zero-order valence-corrected chi connectivity index (χ0v) is 13.1. The maximum atomic E-state index is 13.5. The van der Waals surface area contributed by atoms with E-state index in [-0.39, 0.29) is 27.6 Å². The SMILES string of the molecule is CC1CC(NS(=O)(=O)c2ccc(F)c(C(N)=S)c2)CCO1. The highest BCUT2D eigenvalue weighted by Crippen LogP contribution is 2.19. The molecule has 0 bridgehead atoms. The molecule has 2 atom stereocenters. The first-order chi connectivity index (χ1) is 9.79. The Balaban J connectivity index is 2.23.